The molecule has 10 heteroatoms. The van der Waals surface area contributed by atoms with E-state index in [1.165, 1.54) is 23.5 Å². The molecule has 0 spiro atoms. The van der Waals surface area contributed by atoms with Crippen LogP contribution in [0.3, 0.4) is 0 Å². The van der Waals surface area contributed by atoms with Gasteiger partial charge in [0.15, 0.2) is 0 Å². The normalized spacial score (nSPS) is 11.3. The molecule has 2 N–H and O–H groups in total. The second kappa shape index (κ2) is 7.97. The number of thiazole rings is 1. The number of rotatable bonds is 5. The summed E-state index contributed by atoms with van der Waals surface area (Å²) in [6.07, 6.45) is -4.75. The molecule has 142 valence electrons. The Bertz CT molecular complexity index is 907. The number of hydrogen-bond acceptors (Lipinski definition) is 5. The molecule has 0 aliphatic rings. The van der Waals surface area contributed by atoms with E-state index in [4.69, 9.17) is 0 Å². The first-order valence-corrected chi connectivity index (χ1v) is 9.40. The number of aryl methyl sites for hydroxylation is 1. The number of nitrogens with zero attached hydrogens (tertiary/aromatic N) is 1. The Hall–Kier alpha value is -2.59. The molecule has 0 fully saturated rings. The lowest BCUT2D eigenvalue weighted by atomic mass is 10.3. The fourth-order valence-electron chi connectivity index (χ4n) is 2.17. The molecule has 5 nitrogen and oxygen atoms in total. The zero-order valence-electron chi connectivity index (χ0n) is 14.0. The Morgan fingerprint density at radius 1 is 1.22 bits per heavy atom. The minimum absolute atomic E-state index is 0.302. The van der Waals surface area contributed by atoms with E-state index in [0.29, 0.717) is 12.2 Å². The number of hydrogen-bond donors (Lipinski definition) is 2. The highest BCUT2D eigenvalue weighted by atomic mass is 32.1. The summed E-state index contributed by atoms with van der Waals surface area (Å²) in [5.41, 5.74) is 1.19. The number of halogens is 3. The van der Waals surface area contributed by atoms with E-state index in [9.17, 15) is 18.0 Å². The van der Waals surface area contributed by atoms with Gasteiger partial charge in [0, 0.05) is 10.6 Å². The van der Waals surface area contributed by atoms with Crippen LogP contribution in [0.25, 0.3) is 9.88 Å². The minimum Gasteiger partial charge on any atom is -0.406 e. The SMILES string of the molecule is Cc1nc(-c2cccs2)sc1CNC(=O)Nc1ccc(OC(F)(F)F)cc1. The van der Waals surface area contributed by atoms with Crippen molar-refractivity contribution in [3.8, 4) is 15.6 Å². The van der Waals surface area contributed by atoms with Gasteiger partial charge in [-0.1, -0.05) is 6.07 Å². The van der Waals surface area contributed by atoms with Gasteiger partial charge in [0.1, 0.15) is 10.8 Å². The highest BCUT2D eigenvalue weighted by molar-refractivity contribution is 7.21. The number of carbonyl (C=O) groups excluding carboxylic acids is 1. The molecule has 27 heavy (non-hydrogen) atoms. The van der Waals surface area contributed by atoms with Crippen LogP contribution in [0.1, 0.15) is 10.6 Å². The van der Waals surface area contributed by atoms with Crippen LogP contribution >= 0.6 is 22.7 Å². The first-order valence-electron chi connectivity index (χ1n) is 7.71. The topological polar surface area (TPSA) is 63.2 Å². The Kier molecular flexibility index (Phi) is 5.66. The molecule has 0 unspecified atom stereocenters. The molecule has 0 aliphatic heterocycles. The van der Waals surface area contributed by atoms with E-state index in [2.05, 4.69) is 20.4 Å². The Morgan fingerprint density at radius 2 is 1.96 bits per heavy atom. The fourth-order valence-corrected chi connectivity index (χ4v) is 3.97. The summed E-state index contributed by atoms with van der Waals surface area (Å²) in [5, 5.41) is 8.15. The third-order valence-corrected chi connectivity index (χ3v) is 5.58. The Morgan fingerprint density at radius 3 is 2.59 bits per heavy atom. The molecule has 0 atom stereocenters. The summed E-state index contributed by atoms with van der Waals surface area (Å²) < 4.78 is 40.2. The second-order valence-electron chi connectivity index (χ2n) is 5.38. The number of benzene rings is 1. The van der Waals surface area contributed by atoms with Crippen molar-refractivity contribution in [3.05, 3.63) is 52.3 Å². The molecule has 0 bridgehead atoms. The van der Waals surface area contributed by atoms with Crippen LogP contribution in [0, 0.1) is 6.92 Å². The predicted molar refractivity (Wildman–Crippen MR) is 99.1 cm³/mol. The number of urea groups is 1. The number of thiophene rings is 1. The molecule has 3 rings (SSSR count). The van der Waals surface area contributed by atoms with Gasteiger partial charge < -0.3 is 15.4 Å². The molecule has 0 saturated carbocycles. The van der Waals surface area contributed by atoms with Gasteiger partial charge >= 0.3 is 12.4 Å². The van der Waals surface area contributed by atoms with E-state index in [-0.39, 0.29) is 5.75 Å². The van der Waals surface area contributed by atoms with Crippen molar-refractivity contribution in [2.45, 2.75) is 19.8 Å². The lowest BCUT2D eigenvalue weighted by Gasteiger charge is -2.10. The lowest BCUT2D eigenvalue weighted by molar-refractivity contribution is -0.274. The molecule has 0 aliphatic carbocycles. The van der Waals surface area contributed by atoms with Gasteiger partial charge in [-0.05, 0) is 42.6 Å². The maximum absolute atomic E-state index is 12.1. The van der Waals surface area contributed by atoms with Gasteiger partial charge in [-0.25, -0.2) is 9.78 Å². The molecule has 2 aromatic heterocycles. The summed E-state index contributed by atoms with van der Waals surface area (Å²) in [6.45, 7) is 2.18. The van der Waals surface area contributed by atoms with Crippen molar-refractivity contribution in [3.63, 3.8) is 0 Å². The summed E-state index contributed by atoms with van der Waals surface area (Å²) in [5.74, 6) is -0.352. The fraction of sp³-hybridized carbons (Fsp3) is 0.176. The smallest absolute Gasteiger partial charge is 0.406 e. The van der Waals surface area contributed by atoms with Gasteiger partial charge in [0.2, 0.25) is 0 Å². The van der Waals surface area contributed by atoms with E-state index in [0.717, 1.165) is 32.6 Å². The Labute approximate surface area is 160 Å². The molecule has 0 saturated heterocycles. The number of nitrogens with one attached hydrogen (secondary N) is 2. The standard InChI is InChI=1S/C17H14F3N3O2S2/c1-10-14(27-15(22-10)13-3-2-8-26-13)9-21-16(24)23-11-4-6-12(7-5-11)25-17(18,19)20/h2-8H,9H2,1H3,(H2,21,23,24). The van der Waals surface area contributed by atoms with Crippen LogP contribution in [0.2, 0.25) is 0 Å². The highest BCUT2D eigenvalue weighted by Gasteiger charge is 2.30. The number of aromatic nitrogens is 1. The second-order valence-corrected chi connectivity index (χ2v) is 7.42. The summed E-state index contributed by atoms with van der Waals surface area (Å²) in [7, 11) is 0. The number of amides is 2. The van der Waals surface area contributed by atoms with Crippen LogP contribution in [0.15, 0.2) is 41.8 Å². The predicted octanol–water partition coefficient (Wildman–Crippen LogP) is 5.40. The molecule has 3 aromatic rings. The molecular formula is C17H14F3N3O2S2. The molecule has 1 aromatic carbocycles. The van der Waals surface area contributed by atoms with Gasteiger partial charge in [-0.15, -0.1) is 35.8 Å². The van der Waals surface area contributed by atoms with Crippen molar-refractivity contribution in [1.82, 2.24) is 10.3 Å². The van der Waals surface area contributed by atoms with Crippen molar-refractivity contribution < 1.29 is 22.7 Å². The summed E-state index contributed by atoms with van der Waals surface area (Å²) in [4.78, 5) is 18.5. The van der Waals surface area contributed by atoms with Crippen LogP contribution in [-0.4, -0.2) is 17.4 Å². The van der Waals surface area contributed by atoms with E-state index in [1.54, 1.807) is 11.3 Å². The maximum Gasteiger partial charge on any atom is 0.573 e. The lowest BCUT2D eigenvalue weighted by Crippen LogP contribution is -2.28. The van der Waals surface area contributed by atoms with E-state index >= 15 is 0 Å². The van der Waals surface area contributed by atoms with Crippen molar-refractivity contribution in [2.75, 3.05) is 5.32 Å². The molecule has 2 amide bonds. The van der Waals surface area contributed by atoms with Gasteiger partial charge in [0.25, 0.3) is 0 Å². The molecular weight excluding hydrogens is 399 g/mol. The van der Waals surface area contributed by atoms with Gasteiger partial charge in [0.05, 0.1) is 17.1 Å². The summed E-state index contributed by atoms with van der Waals surface area (Å²) >= 11 is 3.10. The molecule has 0 radical (unpaired) electrons. The van der Waals surface area contributed by atoms with Crippen LogP contribution < -0.4 is 15.4 Å². The number of ether oxygens (including phenoxy) is 1. The number of carbonyl (C=O) groups is 1. The minimum atomic E-state index is -4.75. The van der Waals surface area contributed by atoms with Gasteiger partial charge in [-0.2, -0.15) is 0 Å². The maximum atomic E-state index is 12.1. The third-order valence-electron chi connectivity index (χ3n) is 3.38. The average molecular weight is 413 g/mol. The van der Waals surface area contributed by atoms with Crippen molar-refractivity contribution in [2.24, 2.45) is 0 Å². The van der Waals surface area contributed by atoms with E-state index < -0.39 is 12.4 Å². The van der Waals surface area contributed by atoms with Crippen molar-refractivity contribution >= 4 is 34.4 Å². The Balaban J connectivity index is 1.54. The molecule has 2 heterocycles. The van der Waals surface area contributed by atoms with Crippen LogP contribution in [0.5, 0.6) is 5.75 Å². The van der Waals surface area contributed by atoms with E-state index in [1.807, 2.05) is 24.4 Å². The first-order chi connectivity index (χ1) is 12.8. The highest BCUT2D eigenvalue weighted by Crippen LogP contribution is 2.31. The third kappa shape index (κ3) is 5.44. The zero-order chi connectivity index (χ0) is 19.4. The summed E-state index contributed by atoms with van der Waals surface area (Å²) in [6, 6.07) is 8.38. The average Bonchev–Trinajstić information content (AvgIpc) is 3.23. The number of anilines is 1. The zero-order valence-corrected chi connectivity index (χ0v) is 15.6. The van der Waals surface area contributed by atoms with Crippen molar-refractivity contribution in [1.29, 1.82) is 0 Å². The van der Waals surface area contributed by atoms with Gasteiger partial charge in [-0.3, -0.25) is 0 Å². The quantitative estimate of drug-likeness (QED) is 0.589. The monoisotopic (exact) mass is 413 g/mol. The van der Waals surface area contributed by atoms with Crippen LogP contribution in [-0.2, 0) is 6.54 Å². The van der Waals surface area contributed by atoms with Crippen LogP contribution in [0.4, 0.5) is 23.7 Å². The largest absolute Gasteiger partial charge is 0.573 e. The number of alkyl halides is 3. The first kappa shape index (κ1) is 19.2.